The van der Waals surface area contributed by atoms with Gasteiger partial charge in [0.1, 0.15) is 34.4 Å². The van der Waals surface area contributed by atoms with Gasteiger partial charge in [-0.15, -0.1) is 11.3 Å². The Bertz CT molecular complexity index is 1700. The maximum atomic E-state index is 14.1. The van der Waals surface area contributed by atoms with Gasteiger partial charge in [0.05, 0.1) is 23.8 Å². The number of nitrogen functional groups attached to an aromatic ring is 1. The number of thiazole rings is 1. The Morgan fingerprint density at radius 1 is 1.23 bits per heavy atom. The van der Waals surface area contributed by atoms with E-state index in [4.69, 9.17) is 10.5 Å². The molecule has 1 aliphatic rings. The third kappa shape index (κ3) is 7.11. The molecule has 11 heteroatoms. The Kier molecular flexibility index (Phi) is 9.96. The molecule has 0 aliphatic carbocycles. The number of rotatable bonds is 11. The first-order chi connectivity index (χ1) is 21.1. The monoisotopic (exact) mass is 614 g/mol. The average Bonchev–Trinajstić information content (AvgIpc) is 3.35. The van der Waals surface area contributed by atoms with Gasteiger partial charge in [0, 0.05) is 30.7 Å². The number of hydrogen-bond donors (Lipinski definition) is 2. The molecule has 4 heterocycles. The van der Waals surface area contributed by atoms with E-state index >= 15 is 0 Å². The predicted octanol–water partition coefficient (Wildman–Crippen LogP) is 5.07. The smallest absolute Gasteiger partial charge is 0.264 e. The van der Waals surface area contributed by atoms with Crippen molar-refractivity contribution in [1.29, 1.82) is 5.26 Å². The summed E-state index contributed by atoms with van der Waals surface area (Å²) in [6.45, 7) is 13.1. The molecule has 5 rings (SSSR count). The number of benzene rings is 1. The quantitative estimate of drug-likeness (QED) is 0.223. The summed E-state index contributed by atoms with van der Waals surface area (Å²) >= 11 is 1.53. The van der Waals surface area contributed by atoms with Crippen LogP contribution in [-0.2, 0) is 11.3 Å². The van der Waals surface area contributed by atoms with E-state index < -0.39 is 0 Å². The minimum absolute atomic E-state index is 0.0649. The normalized spacial score (nSPS) is 18.0. The number of fused-ring (bicyclic) bond motifs is 1. The van der Waals surface area contributed by atoms with Crippen molar-refractivity contribution < 1.29 is 4.74 Å². The topological polar surface area (TPSA) is 125 Å². The van der Waals surface area contributed by atoms with E-state index in [0.29, 0.717) is 23.6 Å². The van der Waals surface area contributed by atoms with Crippen LogP contribution in [0.1, 0.15) is 62.0 Å². The summed E-state index contributed by atoms with van der Waals surface area (Å²) in [6, 6.07) is 12.1. The van der Waals surface area contributed by atoms with Crippen molar-refractivity contribution in [2.45, 2.75) is 65.3 Å². The molecule has 1 aromatic carbocycles. The first-order valence-electron chi connectivity index (χ1n) is 15.2. The highest BCUT2D eigenvalue weighted by Crippen LogP contribution is 2.32. The lowest BCUT2D eigenvalue weighted by Crippen LogP contribution is -2.45. The second-order valence-corrected chi connectivity index (χ2v) is 12.8. The molecule has 3 N–H and O–H groups in total. The largest absolute Gasteiger partial charge is 0.382 e. The molecular weight excluding hydrogens is 572 g/mol. The summed E-state index contributed by atoms with van der Waals surface area (Å²) in [5.41, 5.74) is 10.4. The lowest BCUT2D eigenvalue weighted by molar-refractivity contribution is -0.0682. The van der Waals surface area contributed by atoms with Crippen LogP contribution < -0.4 is 16.6 Å². The van der Waals surface area contributed by atoms with E-state index in [9.17, 15) is 10.1 Å². The number of pyridine rings is 1. The maximum Gasteiger partial charge on any atom is 0.264 e. The SMILES string of the molecule is Cc1csc2cc([C@H](C)Nc3ncnc(N)c3C#N)c(-c3cccc(CN(C)CCCCN4C[C@@H](C)O[C@@H](C)C4)c3)c(=O)n12. The number of morpholine rings is 1. The summed E-state index contributed by atoms with van der Waals surface area (Å²) in [5.74, 6) is 0.456. The second-order valence-electron chi connectivity index (χ2n) is 12.0. The van der Waals surface area contributed by atoms with E-state index in [1.807, 2.05) is 31.4 Å². The highest BCUT2D eigenvalue weighted by molar-refractivity contribution is 7.15. The molecule has 1 aliphatic heterocycles. The number of nitrogens with zero attached hydrogens (tertiary/aromatic N) is 6. The Morgan fingerprint density at radius 3 is 2.75 bits per heavy atom. The van der Waals surface area contributed by atoms with Gasteiger partial charge in [0.25, 0.3) is 5.56 Å². The van der Waals surface area contributed by atoms with Crippen LogP contribution in [-0.4, -0.2) is 69.6 Å². The summed E-state index contributed by atoms with van der Waals surface area (Å²) in [6.07, 6.45) is 4.20. The fourth-order valence-electron chi connectivity index (χ4n) is 6.16. The zero-order valence-electron chi connectivity index (χ0n) is 26.2. The van der Waals surface area contributed by atoms with Crippen molar-refractivity contribution in [2.75, 3.05) is 44.3 Å². The van der Waals surface area contributed by atoms with Gasteiger partial charge in [-0.2, -0.15) is 5.26 Å². The van der Waals surface area contributed by atoms with Gasteiger partial charge in [0.2, 0.25) is 0 Å². The predicted molar refractivity (Wildman–Crippen MR) is 177 cm³/mol. The first kappa shape index (κ1) is 31.6. The van der Waals surface area contributed by atoms with Gasteiger partial charge >= 0.3 is 0 Å². The number of ether oxygens (including phenoxy) is 1. The molecule has 0 unspecified atom stereocenters. The zero-order valence-corrected chi connectivity index (χ0v) is 27.0. The lowest BCUT2D eigenvalue weighted by atomic mass is 9.95. The van der Waals surface area contributed by atoms with Crippen molar-refractivity contribution in [2.24, 2.45) is 0 Å². The van der Waals surface area contributed by atoms with Crippen molar-refractivity contribution in [1.82, 2.24) is 24.2 Å². The molecule has 232 valence electrons. The van der Waals surface area contributed by atoms with Gasteiger partial charge in [-0.05, 0) is 89.5 Å². The number of anilines is 2. The molecule has 0 spiro atoms. The van der Waals surface area contributed by atoms with Gasteiger partial charge in [0.15, 0.2) is 0 Å². The van der Waals surface area contributed by atoms with E-state index in [2.05, 4.69) is 70.2 Å². The van der Waals surface area contributed by atoms with E-state index in [-0.39, 0.29) is 23.0 Å². The zero-order chi connectivity index (χ0) is 31.4. The van der Waals surface area contributed by atoms with Crippen LogP contribution in [0, 0.1) is 18.3 Å². The van der Waals surface area contributed by atoms with Crippen molar-refractivity contribution in [3.8, 4) is 17.2 Å². The van der Waals surface area contributed by atoms with Crippen LogP contribution in [0.5, 0.6) is 0 Å². The van der Waals surface area contributed by atoms with Crippen LogP contribution in [0.2, 0.25) is 0 Å². The molecule has 0 amide bonds. The molecule has 1 fully saturated rings. The van der Waals surface area contributed by atoms with E-state index in [1.165, 1.54) is 17.7 Å². The fraction of sp³-hybridized carbons (Fsp3) is 0.455. The van der Waals surface area contributed by atoms with Crippen molar-refractivity contribution in [3.05, 3.63) is 74.8 Å². The van der Waals surface area contributed by atoms with Crippen LogP contribution >= 0.6 is 11.3 Å². The molecule has 0 radical (unpaired) electrons. The Balaban J connectivity index is 1.35. The highest BCUT2D eigenvalue weighted by Gasteiger charge is 2.23. The summed E-state index contributed by atoms with van der Waals surface area (Å²) < 4.78 is 7.64. The average molecular weight is 615 g/mol. The number of aromatic nitrogens is 3. The summed E-state index contributed by atoms with van der Waals surface area (Å²) in [5, 5.41) is 14.9. The highest BCUT2D eigenvalue weighted by atomic mass is 32.1. The molecule has 1 saturated heterocycles. The number of aryl methyl sites for hydroxylation is 1. The van der Waals surface area contributed by atoms with Crippen LogP contribution in [0.25, 0.3) is 16.0 Å². The van der Waals surface area contributed by atoms with E-state index in [1.54, 1.807) is 4.40 Å². The molecule has 3 atom stereocenters. The summed E-state index contributed by atoms with van der Waals surface area (Å²) in [7, 11) is 2.15. The third-order valence-corrected chi connectivity index (χ3v) is 9.14. The molecule has 3 aromatic heterocycles. The lowest BCUT2D eigenvalue weighted by Gasteiger charge is -2.35. The van der Waals surface area contributed by atoms with Gasteiger partial charge in [-0.25, -0.2) is 9.97 Å². The van der Waals surface area contributed by atoms with Gasteiger partial charge in [-0.1, -0.05) is 18.2 Å². The minimum atomic E-state index is -0.338. The first-order valence-corrected chi connectivity index (χ1v) is 16.1. The van der Waals surface area contributed by atoms with Crippen molar-refractivity contribution in [3.63, 3.8) is 0 Å². The molecule has 44 heavy (non-hydrogen) atoms. The standard InChI is InChI=1S/C33H42N8O2S/c1-21-19-44-29-14-27(24(4)38-32-28(15-34)31(35)36-20-37-32)30(33(42)41(21)29)26-10-8-9-25(13-26)18-39(5)11-6-7-12-40-16-22(2)43-23(3)17-40/h8-10,13-14,19-20,22-24H,6-7,11-12,16-18H2,1-5H3,(H3,35,36,37,38)/t22-,23+,24-/m0/s1. The van der Waals surface area contributed by atoms with Gasteiger partial charge in [-0.3, -0.25) is 14.1 Å². The number of unbranched alkanes of at least 4 members (excludes halogenated alkanes) is 1. The number of nitriles is 1. The Morgan fingerprint density at radius 2 is 2.00 bits per heavy atom. The second kappa shape index (κ2) is 13.9. The molecule has 0 saturated carbocycles. The molecule has 10 nitrogen and oxygen atoms in total. The van der Waals surface area contributed by atoms with Crippen LogP contribution in [0.15, 0.2) is 46.8 Å². The molecule has 4 aromatic rings. The number of nitrogens with one attached hydrogen (secondary N) is 1. The Hall–Kier alpha value is -3.82. The summed E-state index contributed by atoms with van der Waals surface area (Å²) in [4.78, 5) is 28.0. The number of hydrogen-bond acceptors (Lipinski definition) is 10. The minimum Gasteiger partial charge on any atom is -0.382 e. The molecular formula is C33H42N8O2S. The van der Waals surface area contributed by atoms with Crippen LogP contribution in [0.4, 0.5) is 11.6 Å². The third-order valence-electron chi connectivity index (χ3n) is 8.14. The number of nitrogens with two attached hydrogens (primary N) is 1. The Labute approximate surface area is 263 Å². The van der Waals surface area contributed by atoms with Gasteiger partial charge < -0.3 is 20.7 Å². The maximum absolute atomic E-state index is 14.1. The fourth-order valence-corrected chi connectivity index (χ4v) is 7.08. The van der Waals surface area contributed by atoms with Crippen molar-refractivity contribution >= 4 is 27.8 Å². The van der Waals surface area contributed by atoms with E-state index in [0.717, 1.165) is 72.8 Å². The molecule has 0 bridgehead atoms. The van der Waals surface area contributed by atoms with Crippen LogP contribution in [0.3, 0.4) is 0 Å².